The number of rotatable bonds is 5. The van der Waals surface area contributed by atoms with E-state index in [1.807, 2.05) is 0 Å². The molecule has 7 heteroatoms. The van der Waals surface area contributed by atoms with Crippen molar-refractivity contribution in [1.29, 1.82) is 0 Å². The van der Waals surface area contributed by atoms with Gasteiger partial charge in [0.2, 0.25) is 5.91 Å². The second kappa shape index (κ2) is 5.01. The normalized spacial score (nSPS) is 10.9. The summed E-state index contributed by atoms with van der Waals surface area (Å²) in [6.07, 6.45) is 1.60. The minimum Gasteiger partial charge on any atom is -0.383 e. The SMILES string of the molecule is COCCn1c(=O)n(CC(N)=O)c2cccnc21. The quantitative estimate of drug-likeness (QED) is 0.761. The van der Waals surface area contributed by atoms with Crippen LogP contribution in [-0.2, 0) is 22.6 Å². The molecule has 2 rings (SSSR count). The number of ether oxygens (including phenoxy) is 1. The van der Waals surface area contributed by atoms with E-state index < -0.39 is 5.91 Å². The maximum Gasteiger partial charge on any atom is 0.330 e. The van der Waals surface area contributed by atoms with Crippen molar-refractivity contribution in [1.82, 2.24) is 14.1 Å². The maximum absolute atomic E-state index is 12.2. The molecular weight excluding hydrogens is 236 g/mol. The van der Waals surface area contributed by atoms with Crippen molar-refractivity contribution in [3.05, 3.63) is 28.8 Å². The smallest absolute Gasteiger partial charge is 0.330 e. The lowest BCUT2D eigenvalue weighted by Gasteiger charge is -2.00. The Hall–Kier alpha value is -2.15. The van der Waals surface area contributed by atoms with Gasteiger partial charge >= 0.3 is 5.69 Å². The number of amides is 1. The molecule has 0 atom stereocenters. The van der Waals surface area contributed by atoms with Crippen LogP contribution in [0.15, 0.2) is 23.1 Å². The fraction of sp³-hybridized carbons (Fsp3) is 0.364. The van der Waals surface area contributed by atoms with Gasteiger partial charge in [-0.1, -0.05) is 0 Å². The topological polar surface area (TPSA) is 92.1 Å². The minimum absolute atomic E-state index is 0.152. The number of methoxy groups -OCH3 is 1. The number of nitrogens with two attached hydrogens (primary N) is 1. The number of hydrogen-bond acceptors (Lipinski definition) is 4. The fourth-order valence-electron chi connectivity index (χ4n) is 1.84. The summed E-state index contributed by atoms with van der Waals surface area (Å²) in [6.45, 7) is 0.627. The van der Waals surface area contributed by atoms with Gasteiger partial charge in [0.1, 0.15) is 6.54 Å². The molecule has 18 heavy (non-hydrogen) atoms. The van der Waals surface area contributed by atoms with Crippen LogP contribution in [0.25, 0.3) is 11.2 Å². The first-order valence-electron chi connectivity index (χ1n) is 5.46. The van der Waals surface area contributed by atoms with Gasteiger partial charge in [-0.25, -0.2) is 9.78 Å². The zero-order valence-corrected chi connectivity index (χ0v) is 10.00. The first-order chi connectivity index (χ1) is 8.65. The number of primary amides is 1. The molecule has 2 aromatic heterocycles. The maximum atomic E-state index is 12.2. The Kier molecular flexibility index (Phi) is 3.42. The van der Waals surface area contributed by atoms with Crippen LogP contribution in [0.5, 0.6) is 0 Å². The van der Waals surface area contributed by atoms with Crippen LogP contribution in [-0.4, -0.2) is 33.7 Å². The zero-order chi connectivity index (χ0) is 13.1. The summed E-state index contributed by atoms with van der Waals surface area (Å²) >= 11 is 0. The van der Waals surface area contributed by atoms with Crippen LogP contribution in [0.3, 0.4) is 0 Å². The van der Waals surface area contributed by atoms with E-state index in [0.717, 1.165) is 0 Å². The summed E-state index contributed by atoms with van der Waals surface area (Å²) in [7, 11) is 1.56. The van der Waals surface area contributed by atoms with Crippen molar-refractivity contribution >= 4 is 17.1 Å². The number of fused-ring (bicyclic) bond motifs is 1. The molecule has 0 unspecified atom stereocenters. The van der Waals surface area contributed by atoms with Gasteiger partial charge in [-0.2, -0.15) is 0 Å². The third-order valence-electron chi connectivity index (χ3n) is 2.61. The Morgan fingerprint density at radius 2 is 2.28 bits per heavy atom. The van der Waals surface area contributed by atoms with Crippen molar-refractivity contribution in [2.24, 2.45) is 5.73 Å². The Morgan fingerprint density at radius 3 is 2.94 bits per heavy atom. The number of imidazole rings is 1. The van der Waals surface area contributed by atoms with Crippen molar-refractivity contribution in [3.8, 4) is 0 Å². The molecule has 2 N–H and O–H groups in total. The largest absolute Gasteiger partial charge is 0.383 e. The first-order valence-corrected chi connectivity index (χ1v) is 5.46. The Labute approximate surface area is 103 Å². The highest BCUT2D eigenvalue weighted by Crippen LogP contribution is 2.09. The van der Waals surface area contributed by atoms with Crippen molar-refractivity contribution in [2.45, 2.75) is 13.1 Å². The molecule has 0 bridgehead atoms. The van der Waals surface area contributed by atoms with Crippen molar-refractivity contribution < 1.29 is 9.53 Å². The van der Waals surface area contributed by atoms with E-state index in [2.05, 4.69) is 4.98 Å². The molecule has 2 heterocycles. The highest BCUT2D eigenvalue weighted by molar-refractivity contribution is 5.77. The molecule has 0 aliphatic heterocycles. The van der Waals surface area contributed by atoms with Gasteiger partial charge in [-0.15, -0.1) is 0 Å². The summed E-state index contributed by atoms with van der Waals surface area (Å²) in [4.78, 5) is 27.3. The van der Waals surface area contributed by atoms with Crippen LogP contribution >= 0.6 is 0 Å². The molecule has 7 nitrogen and oxygen atoms in total. The highest BCUT2D eigenvalue weighted by atomic mass is 16.5. The molecule has 96 valence electrons. The van der Waals surface area contributed by atoms with Crippen molar-refractivity contribution in [3.63, 3.8) is 0 Å². The molecular formula is C11H14N4O3. The lowest BCUT2D eigenvalue weighted by atomic mass is 10.4. The average Bonchev–Trinajstić information content (AvgIpc) is 2.60. The highest BCUT2D eigenvalue weighted by Gasteiger charge is 2.14. The predicted molar refractivity (Wildman–Crippen MR) is 65.1 cm³/mol. The van der Waals surface area contributed by atoms with E-state index >= 15 is 0 Å². The first kappa shape index (κ1) is 12.3. The second-order valence-electron chi connectivity index (χ2n) is 3.83. The van der Waals surface area contributed by atoms with E-state index in [1.54, 1.807) is 25.4 Å². The molecule has 0 aliphatic carbocycles. The summed E-state index contributed by atoms with van der Waals surface area (Å²) in [5.74, 6) is -0.563. The monoisotopic (exact) mass is 250 g/mol. The minimum atomic E-state index is -0.563. The van der Waals surface area contributed by atoms with Crippen molar-refractivity contribution in [2.75, 3.05) is 13.7 Å². The standard InChI is InChI=1S/C11H14N4O3/c1-18-6-5-14-10-8(3-2-4-13-10)15(11(14)17)7-9(12)16/h2-4H,5-7H2,1H3,(H2,12,16). The van der Waals surface area contributed by atoms with Crippen LogP contribution < -0.4 is 11.4 Å². The number of nitrogens with zero attached hydrogens (tertiary/aromatic N) is 3. The van der Waals surface area contributed by atoms with Crippen LogP contribution in [0.4, 0.5) is 0 Å². The lowest BCUT2D eigenvalue weighted by molar-refractivity contribution is -0.118. The summed E-state index contributed by atoms with van der Waals surface area (Å²) in [6, 6.07) is 3.44. The van der Waals surface area contributed by atoms with E-state index in [-0.39, 0.29) is 12.2 Å². The second-order valence-corrected chi connectivity index (χ2v) is 3.83. The Bertz CT molecular complexity index is 629. The van der Waals surface area contributed by atoms with Gasteiger partial charge in [0.05, 0.1) is 18.7 Å². The van der Waals surface area contributed by atoms with Gasteiger partial charge in [-0.05, 0) is 12.1 Å². The molecule has 2 aromatic rings. The number of hydrogen-bond donors (Lipinski definition) is 1. The van der Waals surface area contributed by atoms with Gasteiger partial charge in [-0.3, -0.25) is 13.9 Å². The molecule has 0 saturated carbocycles. The third-order valence-corrected chi connectivity index (χ3v) is 2.61. The predicted octanol–water partition coefficient (Wildman–Crippen LogP) is -0.670. The zero-order valence-electron chi connectivity index (χ0n) is 10.00. The van der Waals surface area contributed by atoms with Crippen LogP contribution in [0.2, 0.25) is 0 Å². The number of aromatic nitrogens is 3. The summed E-state index contributed by atoms with van der Waals surface area (Å²) in [5.41, 5.74) is 5.96. The Balaban J connectivity index is 2.59. The summed E-state index contributed by atoms with van der Waals surface area (Å²) < 4.78 is 7.75. The molecule has 0 radical (unpaired) electrons. The van der Waals surface area contributed by atoms with Gasteiger partial charge in [0, 0.05) is 13.3 Å². The van der Waals surface area contributed by atoms with Crippen LogP contribution in [0.1, 0.15) is 0 Å². The van der Waals surface area contributed by atoms with Gasteiger partial charge in [0.15, 0.2) is 5.65 Å². The molecule has 0 fully saturated rings. The molecule has 0 aliphatic rings. The fourth-order valence-corrected chi connectivity index (χ4v) is 1.84. The average molecular weight is 250 g/mol. The van der Waals surface area contributed by atoms with E-state index in [1.165, 1.54) is 9.13 Å². The van der Waals surface area contributed by atoms with Gasteiger partial charge < -0.3 is 10.5 Å². The lowest BCUT2D eigenvalue weighted by Crippen LogP contribution is -2.30. The number of pyridine rings is 1. The van der Waals surface area contributed by atoms with E-state index in [9.17, 15) is 9.59 Å². The molecule has 1 amide bonds. The molecule has 0 spiro atoms. The van der Waals surface area contributed by atoms with E-state index in [0.29, 0.717) is 24.3 Å². The third kappa shape index (κ3) is 2.12. The number of carbonyl (C=O) groups is 1. The molecule has 0 aromatic carbocycles. The number of carbonyl (C=O) groups excluding carboxylic acids is 1. The summed E-state index contributed by atoms with van der Waals surface area (Å²) in [5, 5.41) is 0. The Morgan fingerprint density at radius 1 is 1.50 bits per heavy atom. The van der Waals surface area contributed by atoms with Crippen LogP contribution in [0, 0.1) is 0 Å². The molecule has 0 saturated heterocycles. The van der Waals surface area contributed by atoms with E-state index in [4.69, 9.17) is 10.5 Å². The van der Waals surface area contributed by atoms with Gasteiger partial charge in [0.25, 0.3) is 0 Å².